The second-order valence-electron chi connectivity index (χ2n) is 4.99. The van der Waals surface area contributed by atoms with E-state index in [4.69, 9.17) is 0 Å². The zero-order valence-electron chi connectivity index (χ0n) is 10.7. The molecule has 1 aliphatic rings. The number of nitrogens with one attached hydrogen (secondary N) is 1. The van der Waals surface area contributed by atoms with Crippen molar-refractivity contribution >= 4 is 0 Å². The molecular weight excluding hydrogens is 198 g/mol. The van der Waals surface area contributed by atoms with Gasteiger partial charge in [0.2, 0.25) is 0 Å². The first-order valence-electron chi connectivity index (χ1n) is 6.44. The SMILES string of the molecule is CCNC(CC1CCC1)c1cn(C)nc1C. The standard InChI is InChI=1S/C13H23N3/c1-4-14-13(8-11-6-5-7-11)12-9-16(3)15-10(12)2/h9,11,13-14H,4-8H2,1-3H3. The third kappa shape index (κ3) is 2.46. The van der Waals surface area contributed by atoms with Crippen LogP contribution in [-0.2, 0) is 7.05 Å². The lowest BCUT2D eigenvalue weighted by Gasteiger charge is -2.30. The molecule has 1 unspecified atom stereocenters. The third-order valence-corrected chi connectivity index (χ3v) is 3.67. The van der Waals surface area contributed by atoms with E-state index in [0.717, 1.165) is 12.5 Å². The molecule has 3 heteroatoms. The fourth-order valence-electron chi connectivity index (χ4n) is 2.59. The molecule has 16 heavy (non-hydrogen) atoms. The van der Waals surface area contributed by atoms with Crippen LogP contribution in [0.3, 0.4) is 0 Å². The number of nitrogens with zero attached hydrogens (tertiary/aromatic N) is 2. The van der Waals surface area contributed by atoms with Gasteiger partial charge in [-0.15, -0.1) is 0 Å². The molecule has 1 atom stereocenters. The smallest absolute Gasteiger partial charge is 0.0641 e. The molecular formula is C13H23N3. The summed E-state index contributed by atoms with van der Waals surface area (Å²) in [7, 11) is 2.00. The van der Waals surface area contributed by atoms with Crippen molar-refractivity contribution in [2.75, 3.05) is 6.54 Å². The predicted octanol–water partition coefficient (Wildman–Crippen LogP) is 2.57. The van der Waals surface area contributed by atoms with Crippen molar-refractivity contribution in [3.63, 3.8) is 0 Å². The van der Waals surface area contributed by atoms with Gasteiger partial charge in [0.25, 0.3) is 0 Å². The first-order valence-corrected chi connectivity index (χ1v) is 6.44. The first-order chi connectivity index (χ1) is 7.70. The lowest BCUT2D eigenvalue weighted by Crippen LogP contribution is -2.26. The minimum absolute atomic E-state index is 0.504. The lowest BCUT2D eigenvalue weighted by atomic mass is 9.79. The van der Waals surface area contributed by atoms with Crippen molar-refractivity contribution in [1.82, 2.24) is 15.1 Å². The van der Waals surface area contributed by atoms with E-state index in [2.05, 4.69) is 30.5 Å². The molecule has 1 fully saturated rings. The Hall–Kier alpha value is -0.830. The Labute approximate surface area is 98.2 Å². The molecule has 0 aliphatic heterocycles. The van der Waals surface area contributed by atoms with Crippen LogP contribution >= 0.6 is 0 Å². The number of aryl methyl sites for hydroxylation is 2. The van der Waals surface area contributed by atoms with Crippen LogP contribution in [0.5, 0.6) is 0 Å². The van der Waals surface area contributed by atoms with Gasteiger partial charge in [0.15, 0.2) is 0 Å². The zero-order chi connectivity index (χ0) is 11.5. The molecule has 1 aromatic rings. The Balaban J connectivity index is 2.07. The third-order valence-electron chi connectivity index (χ3n) is 3.67. The van der Waals surface area contributed by atoms with Gasteiger partial charge in [-0.3, -0.25) is 4.68 Å². The fourth-order valence-corrected chi connectivity index (χ4v) is 2.59. The maximum absolute atomic E-state index is 4.44. The van der Waals surface area contributed by atoms with Gasteiger partial charge in [-0.25, -0.2) is 0 Å². The second-order valence-corrected chi connectivity index (χ2v) is 4.99. The van der Waals surface area contributed by atoms with Crippen LogP contribution in [0, 0.1) is 12.8 Å². The monoisotopic (exact) mass is 221 g/mol. The summed E-state index contributed by atoms with van der Waals surface area (Å²) >= 11 is 0. The summed E-state index contributed by atoms with van der Waals surface area (Å²) in [6, 6.07) is 0.504. The summed E-state index contributed by atoms with van der Waals surface area (Å²) in [5, 5.41) is 8.04. The summed E-state index contributed by atoms with van der Waals surface area (Å²) in [5.41, 5.74) is 2.56. The quantitative estimate of drug-likeness (QED) is 0.828. The number of hydrogen-bond acceptors (Lipinski definition) is 2. The molecule has 1 aliphatic carbocycles. The van der Waals surface area contributed by atoms with E-state index in [1.54, 1.807) is 0 Å². The van der Waals surface area contributed by atoms with Gasteiger partial charge in [0.05, 0.1) is 5.69 Å². The molecule has 1 heterocycles. The summed E-state index contributed by atoms with van der Waals surface area (Å²) in [4.78, 5) is 0. The molecule has 0 amide bonds. The minimum atomic E-state index is 0.504. The highest BCUT2D eigenvalue weighted by molar-refractivity contribution is 5.20. The van der Waals surface area contributed by atoms with Gasteiger partial charge in [0.1, 0.15) is 0 Å². The minimum Gasteiger partial charge on any atom is -0.310 e. The summed E-state index contributed by atoms with van der Waals surface area (Å²) in [5.74, 6) is 0.934. The van der Waals surface area contributed by atoms with Gasteiger partial charge in [-0.2, -0.15) is 5.10 Å². The fraction of sp³-hybridized carbons (Fsp3) is 0.769. The van der Waals surface area contributed by atoms with Crippen molar-refractivity contribution in [3.05, 3.63) is 17.5 Å². The number of rotatable bonds is 5. The van der Waals surface area contributed by atoms with Crippen LogP contribution in [0.4, 0.5) is 0 Å². The maximum atomic E-state index is 4.44. The maximum Gasteiger partial charge on any atom is 0.0641 e. The Morgan fingerprint density at radius 2 is 2.31 bits per heavy atom. The van der Waals surface area contributed by atoms with Crippen LogP contribution in [0.2, 0.25) is 0 Å². The van der Waals surface area contributed by atoms with Crippen molar-refractivity contribution in [2.24, 2.45) is 13.0 Å². The molecule has 1 aromatic heterocycles. The lowest BCUT2D eigenvalue weighted by molar-refractivity contribution is 0.262. The van der Waals surface area contributed by atoms with Crippen molar-refractivity contribution in [2.45, 2.75) is 45.6 Å². The van der Waals surface area contributed by atoms with Crippen LogP contribution in [0.15, 0.2) is 6.20 Å². The van der Waals surface area contributed by atoms with Gasteiger partial charge in [-0.1, -0.05) is 26.2 Å². The second kappa shape index (κ2) is 5.00. The first kappa shape index (κ1) is 11.6. The van der Waals surface area contributed by atoms with E-state index in [1.165, 1.54) is 36.9 Å². The largest absolute Gasteiger partial charge is 0.310 e. The van der Waals surface area contributed by atoms with Crippen LogP contribution in [0.25, 0.3) is 0 Å². The van der Waals surface area contributed by atoms with E-state index in [0.29, 0.717) is 6.04 Å². The van der Waals surface area contributed by atoms with E-state index < -0.39 is 0 Å². The van der Waals surface area contributed by atoms with Crippen molar-refractivity contribution < 1.29 is 0 Å². The van der Waals surface area contributed by atoms with Crippen LogP contribution < -0.4 is 5.32 Å². The Morgan fingerprint density at radius 3 is 2.75 bits per heavy atom. The average Bonchev–Trinajstić information content (AvgIpc) is 2.49. The van der Waals surface area contributed by atoms with Gasteiger partial charge in [-0.05, 0) is 25.8 Å². The highest BCUT2D eigenvalue weighted by atomic mass is 15.3. The van der Waals surface area contributed by atoms with E-state index >= 15 is 0 Å². The Kier molecular flexibility index (Phi) is 3.64. The molecule has 0 radical (unpaired) electrons. The van der Waals surface area contributed by atoms with Gasteiger partial charge < -0.3 is 5.32 Å². The van der Waals surface area contributed by atoms with E-state index in [9.17, 15) is 0 Å². The molecule has 0 saturated heterocycles. The van der Waals surface area contributed by atoms with E-state index in [1.807, 2.05) is 11.7 Å². The molecule has 0 spiro atoms. The summed E-state index contributed by atoms with van der Waals surface area (Å²) in [6.07, 6.45) is 7.71. The predicted molar refractivity (Wildman–Crippen MR) is 66.3 cm³/mol. The van der Waals surface area contributed by atoms with Gasteiger partial charge >= 0.3 is 0 Å². The number of hydrogen-bond donors (Lipinski definition) is 1. The summed E-state index contributed by atoms with van der Waals surface area (Å²) < 4.78 is 1.93. The highest BCUT2D eigenvalue weighted by Crippen LogP contribution is 2.35. The summed E-state index contributed by atoms with van der Waals surface area (Å²) in [6.45, 7) is 5.33. The Morgan fingerprint density at radius 1 is 1.56 bits per heavy atom. The average molecular weight is 221 g/mol. The van der Waals surface area contributed by atoms with Crippen molar-refractivity contribution in [1.29, 1.82) is 0 Å². The molecule has 0 aromatic carbocycles. The number of aromatic nitrogens is 2. The topological polar surface area (TPSA) is 29.9 Å². The normalized spacial score (nSPS) is 18.4. The van der Waals surface area contributed by atoms with Crippen LogP contribution in [-0.4, -0.2) is 16.3 Å². The highest BCUT2D eigenvalue weighted by Gasteiger charge is 2.24. The molecule has 1 saturated carbocycles. The zero-order valence-corrected chi connectivity index (χ0v) is 10.7. The van der Waals surface area contributed by atoms with Gasteiger partial charge in [0, 0.05) is 24.8 Å². The molecule has 1 N–H and O–H groups in total. The van der Waals surface area contributed by atoms with Crippen molar-refractivity contribution in [3.8, 4) is 0 Å². The van der Waals surface area contributed by atoms with E-state index in [-0.39, 0.29) is 0 Å². The molecule has 0 bridgehead atoms. The molecule has 90 valence electrons. The molecule has 2 rings (SSSR count). The Bertz CT molecular complexity index is 339. The van der Waals surface area contributed by atoms with Crippen LogP contribution in [0.1, 0.15) is 49.9 Å². The molecule has 3 nitrogen and oxygen atoms in total.